The predicted molar refractivity (Wildman–Crippen MR) is 161 cm³/mol. The summed E-state index contributed by atoms with van der Waals surface area (Å²) < 4.78 is 17.4. The maximum Gasteiger partial charge on any atom is 0.323 e. The van der Waals surface area contributed by atoms with E-state index in [1.807, 2.05) is 60.7 Å². The summed E-state index contributed by atoms with van der Waals surface area (Å²) in [7, 11) is 1.53. The number of carbonyl (C=O) groups is 1. The Morgan fingerprint density at radius 3 is 2.40 bits per heavy atom. The Bertz CT molecular complexity index is 1440. The second kappa shape index (κ2) is 13.4. The fraction of sp³-hybridized carbons (Fsp3) is 0.281. The molecule has 2 N–H and O–H groups in total. The maximum atomic E-state index is 12.7. The van der Waals surface area contributed by atoms with Crippen molar-refractivity contribution in [3.8, 4) is 17.2 Å². The van der Waals surface area contributed by atoms with Gasteiger partial charge in [-0.1, -0.05) is 54.4 Å². The number of anilines is 2. The zero-order valence-electron chi connectivity index (χ0n) is 22.6. The molecule has 0 unspecified atom stereocenters. The number of ether oxygens (including phenoxy) is 3. The fourth-order valence-corrected chi connectivity index (χ4v) is 5.04. The van der Waals surface area contributed by atoms with Gasteiger partial charge in [0.15, 0.2) is 0 Å². The van der Waals surface area contributed by atoms with E-state index in [-0.39, 0.29) is 6.03 Å². The number of nitrogens with zero attached hydrogens (tertiary/aromatic N) is 1. The van der Waals surface area contributed by atoms with Crippen LogP contribution in [-0.4, -0.2) is 44.3 Å². The molecular weight excluding hydrogens is 526 g/mol. The standard InChI is InChI=1S/C32H34ClN3O4/c1-38-31-21-24(11-14-28(31)33)34-32(37)35-29-15-16-30(27-8-4-3-7-26(27)29)40-22-23-9-12-25(13-10-23)39-20-19-36-17-5-2-6-18-36/h3-4,7-16,21H,2,5-6,17-20,22H2,1H3,(H2,34,35,37). The monoisotopic (exact) mass is 559 g/mol. The van der Waals surface area contributed by atoms with Gasteiger partial charge in [-0.25, -0.2) is 4.79 Å². The number of hydrogen-bond acceptors (Lipinski definition) is 5. The van der Waals surface area contributed by atoms with Crippen LogP contribution in [0.1, 0.15) is 24.8 Å². The Morgan fingerprint density at radius 2 is 1.62 bits per heavy atom. The lowest BCUT2D eigenvalue weighted by Crippen LogP contribution is -2.33. The number of halogens is 1. The third-order valence-electron chi connectivity index (χ3n) is 6.98. The quantitative estimate of drug-likeness (QED) is 0.209. The number of rotatable bonds is 10. The van der Waals surface area contributed by atoms with Gasteiger partial charge in [0.2, 0.25) is 0 Å². The minimum atomic E-state index is -0.374. The topological polar surface area (TPSA) is 72.1 Å². The summed E-state index contributed by atoms with van der Waals surface area (Å²) in [5.74, 6) is 2.10. The molecule has 1 aliphatic rings. The molecule has 8 heteroatoms. The number of hydrogen-bond donors (Lipinski definition) is 2. The molecule has 2 amide bonds. The van der Waals surface area contributed by atoms with Crippen molar-refractivity contribution in [2.24, 2.45) is 0 Å². The summed E-state index contributed by atoms with van der Waals surface area (Å²) in [6, 6.07) is 24.3. The van der Waals surface area contributed by atoms with E-state index >= 15 is 0 Å². The first-order valence-electron chi connectivity index (χ1n) is 13.6. The van der Waals surface area contributed by atoms with Crippen LogP contribution < -0.4 is 24.8 Å². The van der Waals surface area contributed by atoms with Gasteiger partial charge in [0.05, 0.1) is 17.8 Å². The molecule has 0 aromatic heterocycles. The Labute approximate surface area is 240 Å². The Kier molecular flexibility index (Phi) is 9.26. The summed E-state index contributed by atoms with van der Waals surface area (Å²) in [4.78, 5) is 15.2. The number of benzene rings is 4. The summed E-state index contributed by atoms with van der Waals surface area (Å²) in [5.41, 5.74) is 2.29. The van der Waals surface area contributed by atoms with E-state index in [4.69, 9.17) is 25.8 Å². The molecule has 4 aromatic rings. The molecule has 208 valence electrons. The lowest BCUT2D eigenvalue weighted by molar-refractivity contribution is 0.183. The highest BCUT2D eigenvalue weighted by molar-refractivity contribution is 6.32. The van der Waals surface area contributed by atoms with E-state index in [0.717, 1.165) is 34.4 Å². The molecule has 40 heavy (non-hydrogen) atoms. The van der Waals surface area contributed by atoms with E-state index < -0.39 is 0 Å². The first-order chi connectivity index (χ1) is 19.6. The second-order valence-electron chi connectivity index (χ2n) is 9.77. The molecule has 0 bridgehead atoms. The molecule has 1 heterocycles. The van der Waals surface area contributed by atoms with Crippen molar-refractivity contribution >= 4 is 39.8 Å². The number of piperidine rings is 1. The van der Waals surface area contributed by atoms with Crippen molar-refractivity contribution in [1.82, 2.24) is 4.90 Å². The van der Waals surface area contributed by atoms with Gasteiger partial charge in [-0.2, -0.15) is 0 Å². The third-order valence-corrected chi connectivity index (χ3v) is 7.30. The maximum absolute atomic E-state index is 12.7. The highest BCUT2D eigenvalue weighted by Crippen LogP contribution is 2.33. The first kappa shape index (κ1) is 27.6. The molecule has 7 nitrogen and oxygen atoms in total. The van der Waals surface area contributed by atoms with E-state index in [9.17, 15) is 4.79 Å². The van der Waals surface area contributed by atoms with Crippen molar-refractivity contribution in [2.45, 2.75) is 25.9 Å². The lowest BCUT2D eigenvalue weighted by Gasteiger charge is -2.26. The molecule has 4 aromatic carbocycles. The number of methoxy groups -OCH3 is 1. The highest BCUT2D eigenvalue weighted by atomic mass is 35.5. The van der Waals surface area contributed by atoms with Crippen LogP contribution in [0, 0.1) is 0 Å². The van der Waals surface area contributed by atoms with Crippen molar-refractivity contribution in [3.63, 3.8) is 0 Å². The van der Waals surface area contributed by atoms with Crippen LogP contribution in [0.5, 0.6) is 17.2 Å². The molecule has 1 fully saturated rings. The van der Waals surface area contributed by atoms with E-state index in [0.29, 0.717) is 35.4 Å². The Morgan fingerprint density at radius 1 is 0.850 bits per heavy atom. The summed E-state index contributed by atoms with van der Waals surface area (Å²) >= 11 is 6.09. The van der Waals surface area contributed by atoms with Crippen molar-refractivity contribution in [1.29, 1.82) is 0 Å². The summed E-state index contributed by atoms with van der Waals surface area (Å²) in [6.45, 7) is 4.45. The number of amides is 2. The molecular formula is C32H34ClN3O4. The minimum Gasteiger partial charge on any atom is -0.495 e. The van der Waals surface area contributed by atoms with Gasteiger partial charge in [0, 0.05) is 29.1 Å². The molecule has 0 spiro atoms. The third kappa shape index (κ3) is 7.17. The molecule has 1 aliphatic heterocycles. The number of carbonyl (C=O) groups excluding carboxylic acids is 1. The number of likely N-dealkylation sites (tertiary alicyclic amines) is 1. The number of fused-ring (bicyclic) bond motifs is 1. The van der Waals surface area contributed by atoms with Gasteiger partial charge >= 0.3 is 6.03 Å². The molecule has 1 saturated heterocycles. The molecule has 0 radical (unpaired) electrons. The Hall–Kier alpha value is -3.94. The Balaban J connectivity index is 1.18. The van der Waals surface area contributed by atoms with E-state index in [1.165, 1.54) is 39.5 Å². The summed E-state index contributed by atoms with van der Waals surface area (Å²) in [5, 5.41) is 8.01. The first-order valence-corrected chi connectivity index (χ1v) is 14.0. The highest BCUT2D eigenvalue weighted by Gasteiger charge is 2.12. The zero-order valence-corrected chi connectivity index (χ0v) is 23.4. The van der Waals surface area contributed by atoms with Gasteiger partial charge in [0.25, 0.3) is 0 Å². The normalized spacial score (nSPS) is 13.6. The van der Waals surface area contributed by atoms with Gasteiger partial charge in [-0.05, 0) is 67.9 Å². The lowest BCUT2D eigenvalue weighted by atomic mass is 10.1. The minimum absolute atomic E-state index is 0.374. The van der Waals surface area contributed by atoms with E-state index in [2.05, 4.69) is 15.5 Å². The number of urea groups is 1. The predicted octanol–water partition coefficient (Wildman–Crippen LogP) is 7.59. The fourth-order valence-electron chi connectivity index (χ4n) is 4.85. The zero-order chi connectivity index (χ0) is 27.7. The van der Waals surface area contributed by atoms with Crippen LogP contribution in [0.2, 0.25) is 5.02 Å². The average molecular weight is 560 g/mol. The van der Waals surface area contributed by atoms with Gasteiger partial charge in [0.1, 0.15) is 30.5 Å². The molecule has 0 atom stereocenters. The second-order valence-corrected chi connectivity index (χ2v) is 10.2. The smallest absolute Gasteiger partial charge is 0.323 e. The van der Waals surface area contributed by atoms with Gasteiger partial charge in [-0.15, -0.1) is 0 Å². The summed E-state index contributed by atoms with van der Waals surface area (Å²) in [6.07, 6.45) is 3.92. The van der Waals surface area contributed by atoms with Crippen molar-refractivity contribution < 1.29 is 19.0 Å². The van der Waals surface area contributed by atoms with Crippen LogP contribution in [0.15, 0.2) is 78.9 Å². The van der Waals surface area contributed by atoms with E-state index in [1.54, 1.807) is 18.2 Å². The average Bonchev–Trinajstić information content (AvgIpc) is 2.99. The van der Waals surface area contributed by atoms with Gasteiger partial charge in [-0.3, -0.25) is 4.90 Å². The largest absolute Gasteiger partial charge is 0.495 e. The number of nitrogens with one attached hydrogen (secondary N) is 2. The van der Waals surface area contributed by atoms with Crippen molar-refractivity contribution in [2.75, 3.05) is 44.0 Å². The van der Waals surface area contributed by atoms with Crippen LogP contribution in [0.25, 0.3) is 10.8 Å². The molecule has 0 aliphatic carbocycles. The molecule has 0 saturated carbocycles. The SMILES string of the molecule is COc1cc(NC(=O)Nc2ccc(OCc3ccc(OCCN4CCCCC4)cc3)c3ccccc23)ccc1Cl. The van der Waals surface area contributed by atoms with Crippen LogP contribution >= 0.6 is 11.6 Å². The van der Waals surface area contributed by atoms with Crippen molar-refractivity contribution in [3.05, 3.63) is 89.4 Å². The molecule has 5 rings (SSSR count). The van der Waals surface area contributed by atoms with Crippen LogP contribution in [-0.2, 0) is 6.61 Å². The van der Waals surface area contributed by atoms with Gasteiger partial charge < -0.3 is 24.8 Å². The van der Waals surface area contributed by atoms with Crippen LogP contribution in [0.4, 0.5) is 16.2 Å². The van der Waals surface area contributed by atoms with Crippen LogP contribution in [0.3, 0.4) is 0 Å².